The molecule has 0 aromatic heterocycles. The van der Waals surface area contributed by atoms with Crippen molar-refractivity contribution in [2.75, 3.05) is 24.5 Å². The first-order valence-electron chi connectivity index (χ1n) is 6.66. The minimum Gasteiger partial charge on any atom is -0.311 e. The molecular weight excluding hydrogens is 245 g/mol. The van der Waals surface area contributed by atoms with Crippen molar-refractivity contribution in [3.8, 4) is 0 Å². The molecule has 1 saturated heterocycles. The van der Waals surface area contributed by atoms with Crippen LogP contribution in [0.3, 0.4) is 0 Å². The van der Waals surface area contributed by atoms with Crippen LogP contribution in [-0.4, -0.2) is 37.6 Å². The highest BCUT2D eigenvalue weighted by atomic mass is 19.1. The van der Waals surface area contributed by atoms with Crippen LogP contribution in [0.5, 0.6) is 0 Å². The summed E-state index contributed by atoms with van der Waals surface area (Å²) >= 11 is 0. The number of nitrogens with one attached hydrogen (secondary N) is 2. The number of benzene rings is 1. The van der Waals surface area contributed by atoms with Gasteiger partial charge in [0.25, 0.3) is 0 Å². The molecule has 0 radical (unpaired) electrons. The fourth-order valence-corrected chi connectivity index (χ4v) is 2.26. The van der Waals surface area contributed by atoms with Gasteiger partial charge in [-0.1, -0.05) is 12.1 Å². The zero-order chi connectivity index (χ0) is 13.8. The van der Waals surface area contributed by atoms with Crippen LogP contribution in [0.25, 0.3) is 0 Å². The first-order chi connectivity index (χ1) is 9.13. The molecule has 1 amide bonds. The van der Waals surface area contributed by atoms with Crippen LogP contribution >= 0.6 is 0 Å². The van der Waals surface area contributed by atoms with Crippen LogP contribution in [0, 0.1) is 5.82 Å². The van der Waals surface area contributed by atoms with E-state index < -0.39 is 0 Å². The van der Waals surface area contributed by atoms with E-state index in [1.54, 1.807) is 18.2 Å². The van der Waals surface area contributed by atoms with E-state index in [2.05, 4.69) is 17.6 Å². The molecule has 2 unspecified atom stereocenters. The lowest BCUT2D eigenvalue weighted by Crippen LogP contribution is -2.59. The number of likely N-dealkylation sites (N-methyl/N-ethyl adjacent to an activating group) is 1. The molecule has 1 heterocycles. The average molecular weight is 265 g/mol. The number of rotatable bonds is 3. The van der Waals surface area contributed by atoms with Crippen molar-refractivity contribution < 1.29 is 9.18 Å². The standard InChI is InChI=1S/C14H20FN3O/c1-3-18(13-7-5-4-6-11(13)15)14(19)12-9-16-10(2)8-17-12/h4-7,10,12,16-17H,3,8-9H2,1-2H3. The Hall–Kier alpha value is -1.46. The zero-order valence-corrected chi connectivity index (χ0v) is 11.3. The Bertz CT molecular complexity index is 444. The Balaban J connectivity index is 2.14. The molecule has 104 valence electrons. The Labute approximate surface area is 113 Å². The summed E-state index contributed by atoms with van der Waals surface area (Å²) in [5.74, 6) is -0.457. The molecule has 2 atom stereocenters. The molecule has 0 saturated carbocycles. The number of nitrogens with zero attached hydrogens (tertiary/aromatic N) is 1. The Morgan fingerprint density at radius 3 is 2.68 bits per heavy atom. The van der Waals surface area contributed by atoms with Crippen molar-refractivity contribution in [3.63, 3.8) is 0 Å². The van der Waals surface area contributed by atoms with Gasteiger partial charge in [0, 0.05) is 25.7 Å². The lowest BCUT2D eigenvalue weighted by Gasteiger charge is -2.32. The molecule has 1 aromatic carbocycles. The van der Waals surface area contributed by atoms with Crippen molar-refractivity contribution in [2.45, 2.75) is 25.9 Å². The third-order valence-corrected chi connectivity index (χ3v) is 3.36. The fourth-order valence-electron chi connectivity index (χ4n) is 2.26. The summed E-state index contributed by atoms with van der Waals surface area (Å²) < 4.78 is 13.8. The van der Waals surface area contributed by atoms with Crippen LogP contribution in [0.2, 0.25) is 0 Å². The highest BCUT2D eigenvalue weighted by molar-refractivity contribution is 5.97. The largest absolute Gasteiger partial charge is 0.311 e. The number of carbonyl (C=O) groups excluding carboxylic acids is 1. The second kappa shape index (κ2) is 6.12. The Kier molecular flexibility index (Phi) is 4.50. The molecule has 0 spiro atoms. The second-order valence-electron chi connectivity index (χ2n) is 4.80. The minimum atomic E-state index is -0.366. The van der Waals surface area contributed by atoms with Gasteiger partial charge in [0.15, 0.2) is 0 Å². The van der Waals surface area contributed by atoms with Gasteiger partial charge in [-0.25, -0.2) is 4.39 Å². The van der Waals surface area contributed by atoms with Gasteiger partial charge in [0.05, 0.1) is 11.7 Å². The number of halogens is 1. The van der Waals surface area contributed by atoms with Gasteiger partial charge in [0.2, 0.25) is 5.91 Å². The SMILES string of the molecule is CCN(C(=O)C1CNC(C)CN1)c1ccccc1F. The quantitative estimate of drug-likeness (QED) is 0.861. The molecule has 2 rings (SSSR count). The van der Waals surface area contributed by atoms with E-state index in [0.29, 0.717) is 24.8 Å². The van der Waals surface area contributed by atoms with Gasteiger partial charge in [-0.2, -0.15) is 0 Å². The van der Waals surface area contributed by atoms with Crippen LogP contribution in [0.1, 0.15) is 13.8 Å². The first kappa shape index (κ1) is 14.0. The number of para-hydroxylation sites is 1. The van der Waals surface area contributed by atoms with Crippen LogP contribution in [0.15, 0.2) is 24.3 Å². The molecule has 1 aliphatic rings. The van der Waals surface area contributed by atoms with Crippen LogP contribution in [0.4, 0.5) is 10.1 Å². The van der Waals surface area contributed by atoms with Gasteiger partial charge in [-0.15, -0.1) is 0 Å². The molecule has 5 heteroatoms. The molecule has 4 nitrogen and oxygen atoms in total. The lowest BCUT2D eigenvalue weighted by atomic mass is 10.1. The summed E-state index contributed by atoms with van der Waals surface area (Å²) in [5.41, 5.74) is 0.343. The molecule has 1 aromatic rings. The number of anilines is 1. The third-order valence-electron chi connectivity index (χ3n) is 3.36. The van der Waals surface area contributed by atoms with Gasteiger partial charge < -0.3 is 15.5 Å². The van der Waals surface area contributed by atoms with Gasteiger partial charge in [-0.3, -0.25) is 4.79 Å². The van der Waals surface area contributed by atoms with Crippen molar-refractivity contribution in [1.29, 1.82) is 0 Å². The highest BCUT2D eigenvalue weighted by Crippen LogP contribution is 2.19. The summed E-state index contributed by atoms with van der Waals surface area (Å²) in [6.45, 7) is 5.68. The van der Waals surface area contributed by atoms with Crippen LogP contribution < -0.4 is 15.5 Å². The summed E-state index contributed by atoms with van der Waals surface area (Å²) in [6.07, 6.45) is 0. The maximum atomic E-state index is 13.8. The summed E-state index contributed by atoms with van der Waals surface area (Å²) in [6, 6.07) is 6.43. The highest BCUT2D eigenvalue weighted by Gasteiger charge is 2.28. The topological polar surface area (TPSA) is 44.4 Å². The van der Waals surface area contributed by atoms with Gasteiger partial charge in [0.1, 0.15) is 5.82 Å². The number of piperazine rings is 1. The molecule has 19 heavy (non-hydrogen) atoms. The Morgan fingerprint density at radius 2 is 2.11 bits per heavy atom. The number of hydrogen-bond acceptors (Lipinski definition) is 3. The molecule has 2 N–H and O–H groups in total. The molecule has 0 bridgehead atoms. The van der Waals surface area contributed by atoms with E-state index in [1.165, 1.54) is 11.0 Å². The minimum absolute atomic E-state index is 0.0907. The van der Waals surface area contributed by atoms with Gasteiger partial charge in [-0.05, 0) is 26.0 Å². The van der Waals surface area contributed by atoms with E-state index in [4.69, 9.17) is 0 Å². The third kappa shape index (κ3) is 3.11. The number of amides is 1. The van der Waals surface area contributed by atoms with E-state index in [-0.39, 0.29) is 17.8 Å². The second-order valence-corrected chi connectivity index (χ2v) is 4.80. The molecule has 0 aliphatic carbocycles. The Morgan fingerprint density at radius 1 is 1.37 bits per heavy atom. The fraction of sp³-hybridized carbons (Fsp3) is 0.500. The van der Waals surface area contributed by atoms with Crippen molar-refractivity contribution in [1.82, 2.24) is 10.6 Å². The first-order valence-corrected chi connectivity index (χ1v) is 6.66. The average Bonchev–Trinajstić information content (AvgIpc) is 2.42. The summed E-state index contributed by atoms with van der Waals surface area (Å²) in [7, 11) is 0. The van der Waals surface area contributed by atoms with Crippen LogP contribution in [-0.2, 0) is 4.79 Å². The normalized spacial score (nSPS) is 23.1. The lowest BCUT2D eigenvalue weighted by molar-refractivity contribution is -0.120. The molecule has 1 fully saturated rings. The van der Waals surface area contributed by atoms with Crippen molar-refractivity contribution >= 4 is 11.6 Å². The van der Waals surface area contributed by atoms with E-state index in [1.807, 2.05) is 6.92 Å². The van der Waals surface area contributed by atoms with Crippen molar-refractivity contribution in [3.05, 3.63) is 30.1 Å². The smallest absolute Gasteiger partial charge is 0.245 e. The van der Waals surface area contributed by atoms with E-state index >= 15 is 0 Å². The predicted molar refractivity (Wildman–Crippen MR) is 73.7 cm³/mol. The molecular formula is C14H20FN3O. The van der Waals surface area contributed by atoms with Gasteiger partial charge >= 0.3 is 0 Å². The molecule has 1 aliphatic heterocycles. The number of hydrogen-bond donors (Lipinski definition) is 2. The maximum absolute atomic E-state index is 13.8. The summed E-state index contributed by atoms with van der Waals surface area (Å²) in [4.78, 5) is 13.9. The monoisotopic (exact) mass is 265 g/mol. The van der Waals surface area contributed by atoms with Crippen molar-refractivity contribution in [2.24, 2.45) is 0 Å². The number of carbonyl (C=O) groups is 1. The predicted octanol–water partition coefficient (Wildman–Crippen LogP) is 1.13. The maximum Gasteiger partial charge on any atom is 0.245 e. The zero-order valence-electron chi connectivity index (χ0n) is 11.3. The van der Waals surface area contributed by atoms with E-state index in [9.17, 15) is 9.18 Å². The summed E-state index contributed by atoms with van der Waals surface area (Å²) in [5, 5.41) is 6.45. The van der Waals surface area contributed by atoms with E-state index in [0.717, 1.165) is 6.54 Å².